The van der Waals surface area contributed by atoms with Gasteiger partial charge in [0.05, 0.1) is 0 Å². The first kappa shape index (κ1) is 33.3. The molecule has 33 heavy (non-hydrogen) atoms. The first-order chi connectivity index (χ1) is 16.2. The first-order valence-electron chi connectivity index (χ1n) is 15.8. The third-order valence-corrected chi connectivity index (χ3v) is 8.74. The van der Waals surface area contributed by atoms with Gasteiger partial charge in [-0.15, -0.1) is 11.6 Å². The van der Waals surface area contributed by atoms with Crippen LogP contribution in [0.5, 0.6) is 0 Å². The van der Waals surface area contributed by atoms with Gasteiger partial charge in [-0.05, 0) is 31.1 Å². The third-order valence-electron chi connectivity index (χ3n) is 8.06. The van der Waals surface area contributed by atoms with Crippen molar-refractivity contribution in [2.24, 2.45) is 5.41 Å². The minimum Gasteiger partial charge on any atom is -0.122 e. The van der Waals surface area contributed by atoms with E-state index in [2.05, 4.69) is 27.7 Å². The molecular formula is C32H65Cl. The van der Waals surface area contributed by atoms with Crippen LogP contribution in [0.25, 0.3) is 0 Å². The van der Waals surface area contributed by atoms with Crippen molar-refractivity contribution in [2.45, 2.75) is 200 Å². The summed E-state index contributed by atoms with van der Waals surface area (Å²) in [6.45, 7) is 9.30. The summed E-state index contributed by atoms with van der Waals surface area (Å²) < 4.78 is 0. The molecule has 1 unspecified atom stereocenters. The highest BCUT2D eigenvalue weighted by molar-refractivity contribution is 6.21. The van der Waals surface area contributed by atoms with E-state index in [1.165, 1.54) is 167 Å². The summed E-state index contributed by atoms with van der Waals surface area (Å²) in [5.41, 5.74) is 0.413. The first-order valence-corrected chi connectivity index (χ1v) is 16.2. The Balaban J connectivity index is 4.62. The standard InChI is InChI=1S/C32H65Cl/c1-5-9-13-17-18-19-20-21-22-23-27-31(33)32(28-24-14-10-6-2,29-25-15-11-7-3)30-26-16-12-8-4/h31H,5-30H2,1-4H3. The van der Waals surface area contributed by atoms with Crippen LogP contribution in [0.4, 0.5) is 0 Å². The van der Waals surface area contributed by atoms with Crippen molar-refractivity contribution in [3.8, 4) is 0 Å². The van der Waals surface area contributed by atoms with Gasteiger partial charge >= 0.3 is 0 Å². The second-order valence-electron chi connectivity index (χ2n) is 11.2. The Kier molecular flexibility index (Phi) is 25.6. The molecule has 0 saturated heterocycles. The molecule has 0 radical (unpaired) electrons. The van der Waals surface area contributed by atoms with Crippen molar-refractivity contribution in [3.05, 3.63) is 0 Å². The average molecular weight is 485 g/mol. The molecule has 1 atom stereocenters. The van der Waals surface area contributed by atoms with Crippen LogP contribution < -0.4 is 0 Å². The maximum atomic E-state index is 7.35. The Morgan fingerprint density at radius 1 is 0.394 bits per heavy atom. The average Bonchev–Trinajstić information content (AvgIpc) is 2.82. The Bertz CT molecular complexity index is 332. The van der Waals surface area contributed by atoms with Crippen molar-refractivity contribution in [3.63, 3.8) is 0 Å². The molecule has 0 aliphatic rings. The SMILES string of the molecule is CCCCCCCCCCCCC(Cl)C(CCCCCC)(CCCCCC)CCCCCC. The van der Waals surface area contributed by atoms with Crippen LogP contribution in [-0.4, -0.2) is 5.38 Å². The van der Waals surface area contributed by atoms with Crippen molar-refractivity contribution < 1.29 is 0 Å². The molecule has 0 aromatic carbocycles. The highest BCUT2D eigenvalue weighted by atomic mass is 35.5. The third kappa shape index (κ3) is 19.2. The van der Waals surface area contributed by atoms with E-state index in [4.69, 9.17) is 11.6 Å². The molecule has 0 aliphatic carbocycles. The summed E-state index contributed by atoms with van der Waals surface area (Å²) in [6, 6.07) is 0. The van der Waals surface area contributed by atoms with Gasteiger partial charge < -0.3 is 0 Å². The van der Waals surface area contributed by atoms with E-state index in [-0.39, 0.29) is 0 Å². The summed E-state index contributed by atoms with van der Waals surface area (Å²) in [5.74, 6) is 0. The van der Waals surface area contributed by atoms with Gasteiger partial charge in [-0.2, -0.15) is 0 Å². The monoisotopic (exact) mass is 484 g/mol. The van der Waals surface area contributed by atoms with Crippen LogP contribution in [0, 0.1) is 5.41 Å². The van der Waals surface area contributed by atoms with Crippen molar-refractivity contribution in [2.75, 3.05) is 0 Å². The molecule has 0 spiro atoms. The molecule has 0 aromatic rings. The second-order valence-corrected chi connectivity index (χ2v) is 11.8. The molecule has 1 heteroatoms. The van der Waals surface area contributed by atoms with Gasteiger partial charge in [0.1, 0.15) is 0 Å². The zero-order valence-electron chi connectivity index (χ0n) is 23.8. The lowest BCUT2D eigenvalue weighted by Crippen LogP contribution is -2.32. The van der Waals surface area contributed by atoms with Gasteiger partial charge in [0.15, 0.2) is 0 Å². The van der Waals surface area contributed by atoms with Crippen LogP contribution >= 0.6 is 11.6 Å². The summed E-state index contributed by atoms with van der Waals surface area (Å²) in [4.78, 5) is 0. The molecule has 0 fully saturated rings. The lowest BCUT2D eigenvalue weighted by molar-refractivity contribution is 0.177. The van der Waals surface area contributed by atoms with Crippen LogP contribution in [0.15, 0.2) is 0 Å². The van der Waals surface area contributed by atoms with Gasteiger partial charge in [-0.25, -0.2) is 0 Å². The number of halogens is 1. The quantitative estimate of drug-likeness (QED) is 0.0802. The van der Waals surface area contributed by atoms with E-state index in [9.17, 15) is 0 Å². The van der Waals surface area contributed by atoms with Crippen molar-refractivity contribution in [1.82, 2.24) is 0 Å². The Labute approximate surface area is 216 Å². The fourth-order valence-corrected chi connectivity index (χ4v) is 6.16. The molecule has 200 valence electrons. The van der Waals surface area contributed by atoms with E-state index in [1.54, 1.807) is 0 Å². The van der Waals surface area contributed by atoms with Crippen LogP contribution in [0.2, 0.25) is 0 Å². The molecule has 0 N–H and O–H groups in total. The topological polar surface area (TPSA) is 0 Å². The maximum Gasteiger partial charge on any atom is 0.0392 e. The Morgan fingerprint density at radius 2 is 0.667 bits per heavy atom. The van der Waals surface area contributed by atoms with Crippen molar-refractivity contribution in [1.29, 1.82) is 0 Å². The highest BCUT2D eigenvalue weighted by Crippen LogP contribution is 2.45. The largest absolute Gasteiger partial charge is 0.122 e. The van der Waals surface area contributed by atoms with Gasteiger partial charge in [-0.3, -0.25) is 0 Å². The summed E-state index contributed by atoms with van der Waals surface area (Å²) in [5, 5.41) is 0.399. The summed E-state index contributed by atoms with van der Waals surface area (Å²) in [6.07, 6.45) is 36.2. The van der Waals surface area contributed by atoms with Crippen LogP contribution in [0.3, 0.4) is 0 Å². The number of hydrogen-bond donors (Lipinski definition) is 0. The molecule has 0 aromatic heterocycles. The molecule has 0 rings (SSSR count). The molecule has 0 bridgehead atoms. The zero-order chi connectivity index (χ0) is 24.5. The predicted molar refractivity (Wildman–Crippen MR) is 155 cm³/mol. The lowest BCUT2D eigenvalue weighted by atomic mass is 9.70. The number of alkyl halides is 1. The molecule has 0 nitrogen and oxygen atoms in total. The van der Waals surface area contributed by atoms with Crippen molar-refractivity contribution >= 4 is 11.6 Å². The molecule has 0 heterocycles. The maximum absolute atomic E-state index is 7.35. The van der Waals surface area contributed by atoms with Gasteiger partial charge in [0.25, 0.3) is 0 Å². The fraction of sp³-hybridized carbons (Fsp3) is 1.00. The van der Waals surface area contributed by atoms with Gasteiger partial charge in [-0.1, -0.05) is 169 Å². The predicted octanol–water partition coefficient (Wildman–Crippen LogP) is 12.8. The smallest absolute Gasteiger partial charge is 0.0392 e. The molecule has 0 aliphatic heterocycles. The number of unbranched alkanes of at least 4 members (excludes halogenated alkanes) is 18. The molecule has 0 amide bonds. The van der Waals surface area contributed by atoms with Gasteiger partial charge in [0.2, 0.25) is 0 Å². The fourth-order valence-electron chi connectivity index (χ4n) is 5.67. The minimum absolute atomic E-state index is 0.399. The molecule has 0 saturated carbocycles. The highest BCUT2D eigenvalue weighted by Gasteiger charge is 2.35. The van der Waals surface area contributed by atoms with E-state index >= 15 is 0 Å². The number of rotatable bonds is 27. The second kappa shape index (κ2) is 25.4. The lowest BCUT2D eigenvalue weighted by Gasteiger charge is -2.39. The van der Waals surface area contributed by atoms with Crippen LogP contribution in [-0.2, 0) is 0 Å². The molecular weight excluding hydrogens is 420 g/mol. The van der Waals surface area contributed by atoms with E-state index in [0.717, 1.165) is 0 Å². The normalized spacial score (nSPS) is 13.0. The zero-order valence-corrected chi connectivity index (χ0v) is 24.6. The Hall–Kier alpha value is 0.290. The van der Waals surface area contributed by atoms with E-state index in [1.807, 2.05) is 0 Å². The number of hydrogen-bond acceptors (Lipinski definition) is 0. The summed E-state index contributed by atoms with van der Waals surface area (Å²) >= 11 is 7.35. The van der Waals surface area contributed by atoms with E-state index < -0.39 is 0 Å². The van der Waals surface area contributed by atoms with E-state index in [0.29, 0.717) is 10.8 Å². The van der Waals surface area contributed by atoms with Crippen LogP contribution in [0.1, 0.15) is 195 Å². The Morgan fingerprint density at radius 3 is 1.00 bits per heavy atom. The van der Waals surface area contributed by atoms with Gasteiger partial charge in [0, 0.05) is 5.38 Å². The minimum atomic E-state index is 0.399. The summed E-state index contributed by atoms with van der Waals surface area (Å²) in [7, 11) is 0.